The molecule has 0 aromatic heterocycles. The van der Waals surface area contributed by atoms with Crippen LogP contribution in [-0.4, -0.2) is 36.7 Å². The van der Waals surface area contributed by atoms with Crippen molar-refractivity contribution in [1.82, 2.24) is 10.6 Å². The van der Waals surface area contributed by atoms with Crippen LogP contribution in [-0.2, 0) is 0 Å². The summed E-state index contributed by atoms with van der Waals surface area (Å²) >= 11 is 1.83. The molecule has 1 fully saturated rings. The minimum atomic E-state index is 0.608. The summed E-state index contributed by atoms with van der Waals surface area (Å²) in [5, 5.41) is 7.23. The fourth-order valence-electron chi connectivity index (χ4n) is 2.32. The second-order valence-corrected chi connectivity index (χ2v) is 5.95. The lowest BCUT2D eigenvalue weighted by molar-refractivity contribution is 0.409. The Balaban J connectivity index is 2.03. The van der Waals surface area contributed by atoms with E-state index in [2.05, 4.69) is 23.5 Å². The SMILES string of the molecule is C#CCSCCNC(C)CC1CCCCCN1. The minimum absolute atomic E-state index is 0.608. The van der Waals surface area contributed by atoms with Crippen molar-refractivity contribution in [1.29, 1.82) is 0 Å². The molecule has 0 saturated carbocycles. The van der Waals surface area contributed by atoms with E-state index < -0.39 is 0 Å². The average molecular weight is 254 g/mol. The number of terminal acetylenes is 1. The molecule has 0 aliphatic carbocycles. The molecule has 1 rings (SSSR count). The maximum atomic E-state index is 5.21. The third-order valence-corrected chi connectivity index (χ3v) is 4.09. The van der Waals surface area contributed by atoms with Crippen molar-refractivity contribution < 1.29 is 0 Å². The van der Waals surface area contributed by atoms with Crippen LogP contribution in [0.15, 0.2) is 0 Å². The van der Waals surface area contributed by atoms with Gasteiger partial charge in [-0.25, -0.2) is 0 Å². The van der Waals surface area contributed by atoms with Crippen molar-refractivity contribution in [3.63, 3.8) is 0 Å². The molecule has 0 spiro atoms. The molecule has 0 bridgehead atoms. The van der Waals surface area contributed by atoms with Crippen molar-refractivity contribution in [2.24, 2.45) is 0 Å². The Hall–Kier alpha value is -0.170. The van der Waals surface area contributed by atoms with Crippen LogP contribution in [0.5, 0.6) is 0 Å². The van der Waals surface area contributed by atoms with Gasteiger partial charge in [0.05, 0.1) is 5.75 Å². The monoisotopic (exact) mass is 254 g/mol. The van der Waals surface area contributed by atoms with Crippen molar-refractivity contribution >= 4 is 11.8 Å². The van der Waals surface area contributed by atoms with Crippen molar-refractivity contribution in [2.45, 2.75) is 51.1 Å². The smallest absolute Gasteiger partial charge is 0.0545 e. The number of hydrogen-bond acceptors (Lipinski definition) is 3. The van der Waals surface area contributed by atoms with Gasteiger partial charge < -0.3 is 10.6 Å². The summed E-state index contributed by atoms with van der Waals surface area (Å²) in [4.78, 5) is 0. The molecule has 0 aromatic carbocycles. The van der Waals surface area contributed by atoms with Gasteiger partial charge in [-0.15, -0.1) is 18.2 Å². The Morgan fingerprint density at radius 1 is 1.47 bits per heavy atom. The number of nitrogens with one attached hydrogen (secondary N) is 2. The summed E-state index contributed by atoms with van der Waals surface area (Å²) in [5.41, 5.74) is 0. The molecule has 17 heavy (non-hydrogen) atoms. The second kappa shape index (κ2) is 9.82. The summed E-state index contributed by atoms with van der Waals surface area (Å²) in [6.45, 7) is 4.56. The van der Waals surface area contributed by atoms with Gasteiger partial charge >= 0.3 is 0 Å². The van der Waals surface area contributed by atoms with Gasteiger partial charge in [0.1, 0.15) is 0 Å². The molecule has 1 saturated heterocycles. The minimum Gasteiger partial charge on any atom is -0.314 e. The van der Waals surface area contributed by atoms with E-state index in [0.29, 0.717) is 6.04 Å². The Morgan fingerprint density at radius 2 is 2.35 bits per heavy atom. The summed E-state index contributed by atoms with van der Waals surface area (Å²) in [5.74, 6) is 4.60. The van der Waals surface area contributed by atoms with Crippen molar-refractivity contribution in [3.8, 4) is 12.3 Å². The first-order valence-corrected chi connectivity index (χ1v) is 7.96. The Morgan fingerprint density at radius 3 is 3.18 bits per heavy atom. The van der Waals surface area contributed by atoms with Crippen LogP contribution in [0.1, 0.15) is 39.0 Å². The maximum Gasteiger partial charge on any atom is 0.0545 e. The zero-order valence-electron chi connectivity index (χ0n) is 11.0. The highest BCUT2D eigenvalue weighted by atomic mass is 32.2. The maximum absolute atomic E-state index is 5.21. The van der Waals surface area contributed by atoms with Gasteiger partial charge in [0.25, 0.3) is 0 Å². The summed E-state index contributed by atoms with van der Waals surface area (Å²) in [6.07, 6.45) is 11.9. The third-order valence-electron chi connectivity index (χ3n) is 3.23. The van der Waals surface area contributed by atoms with E-state index in [4.69, 9.17) is 6.42 Å². The lowest BCUT2D eigenvalue weighted by Crippen LogP contribution is -2.37. The first-order valence-electron chi connectivity index (χ1n) is 6.81. The molecule has 2 atom stereocenters. The summed E-state index contributed by atoms with van der Waals surface area (Å²) in [7, 11) is 0. The highest BCUT2D eigenvalue weighted by Crippen LogP contribution is 2.12. The van der Waals surface area contributed by atoms with E-state index in [1.54, 1.807) is 0 Å². The van der Waals surface area contributed by atoms with Gasteiger partial charge in [-0.05, 0) is 32.7 Å². The van der Waals surface area contributed by atoms with Gasteiger partial charge in [0.2, 0.25) is 0 Å². The number of thioether (sulfide) groups is 1. The first-order chi connectivity index (χ1) is 8.33. The Labute approximate surface area is 111 Å². The zero-order valence-corrected chi connectivity index (χ0v) is 11.8. The molecular weight excluding hydrogens is 228 g/mol. The largest absolute Gasteiger partial charge is 0.314 e. The normalized spacial score (nSPS) is 22.7. The van der Waals surface area contributed by atoms with Crippen molar-refractivity contribution in [2.75, 3.05) is 24.6 Å². The molecule has 2 unspecified atom stereocenters. The number of rotatable bonds is 7. The molecule has 0 amide bonds. The van der Waals surface area contributed by atoms with E-state index in [-0.39, 0.29) is 0 Å². The fourth-order valence-corrected chi connectivity index (χ4v) is 2.85. The van der Waals surface area contributed by atoms with Crippen LogP contribution >= 0.6 is 11.8 Å². The van der Waals surface area contributed by atoms with Gasteiger partial charge in [-0.1, -0.05) is 18.8 Å². The molecular formula is C14H26N2S. The predicted octanol–water partition coefficient (Wildman–Crippen LogP) is 2.25. The zero-order chi connectivity index (χ0) is 12.3. The molecule has 1 heterocycles. The van der Waals surface area contributed by atoms with Gasteiger partial charge in [-0.2, -0.15) is 0 Å². The Bertz CT molecular complexity index is 217. The lowest BCUT2D eigenvalue weighted by atomic mass is 10.0. The van der Waals surface area contributed by atoms with Crippen LogP contribution in [0, 0.1) is 12.3 Å². The standard InChI is InChI=1S/C14H26N2S/c1-3-10-17-11-9-15-13(2)12-14-7-5-4-6-8-16-14/h1,13-16H,4-12H2,2H3. The van der Waals surface area contributed by atoms with Crippen LogP contribution in [0.3, 0.4) is 0 Å². The van der Waals surface area contributed by atoms with Crippen LogP contribution < -0.4 is 10.6 Å². The molecule has 2 nitrogen and oxygen atoms in total. The lowest BCUT2D eigenvalue weighted by Gasteiger charge is -2.21. The highest BCUT2D eigenvalue weighted by molar-refractivity contribution is 7.99. The van der Waals surface area contributed by atoms with Crippen LogP contribution in [0.2, 0.25) is 0 Å². The fraction of sp³-hybridized carbons (Fsp3) is 0.857. The van der Waals surface area contributed by atoms with E-state index in [1.165, 1.54) is 38.6 Å². The second-order valence-electron chi connectivity index (χ2n) is 4.85. The summed E-state index contributed by atoms with van der Waals surface area (Å²) in [6, 6.07) is 1.33. The predicted molar refractivity (Wildman–Crippen MR) is 78.5 cm³/mol. The molecule has 2 N–H and O–H groups in total. The van der Waals surface area contributed by atoms with Crippen LogP contribution in [0.4, 0.5) is 0 Å². The molecule has 98 valence electrons. The highest BCUT2D eigenvalue weighted by Gasteiger charge is 2.14. The molecule has 0 radical (unpaired) electrons. The third kappa shape index (κ3) is 7.70. The molecule has 1 aliphatic rings. The quantitative estimate of drug-likeness (QED) is 0.538. The number of hydrogen-bond donors (Lipinski definition) is 2. The van der Waals surface area contributed by atoms with E-state index >= 15 is 0 Å². The molecule has 3 heteroatoms. The topological polar surface area (TPSA) is 24.1 Å². The summed E-state index contributed by atoms with van der Waals surface area (Å²) < 4.78 is 0. The van der Waals surface area contributed by atoms with E-state index in [0.717, 1.165) is 24.1 Å². The first kappa shape index (κ1) is 14.9. The van der Waals surface area contributed by atoms with Gasteiger partial charge in [0, 0.05) is 24.4 Å². The van der Waals surface area contributed by atoms with E-state index in [1.807, 2.05) is 11.8 Å². The average Bonchev–Trinajstić information content (AvgIpc) is 2.57. The Kier molecular flexibility index (Phi) is 8.60. The molecule has 0 aromatic rings. The van der Waals surface area contributed by atoms with Gasteiger partial charge in [0.15, 0.2) is 0 Å². The van der Waals surface area contributed by atoms with Crippen LogP contribution in [0.25, 0.3) is 0 Å². The molecule has 1 aliphatic heterocycles. The van der Waals surface area contributed by atoms with Crippen molar-refractivity contribution in [3.05, 3.63) is 0 Å². The van der Waals surface area contributed by atoms with E-state index in [9.17, 15) is 0 Å². The van der Waals surface area contributed by atoms with Gasteiger partial charge in [-0.3, -0.25) is 0 Å².